The predicted octanol–water partition coefficient (Wildman–Crippen LogP) is 3.29. The van der Waals surface area contributed by atoms with Gasteiger partial charge in [0.1, 0.15) is 21.2 Å². The summed E-state index contributed by atoms with van der Waals surface area (Å²) in [6.07, 6.45) is 4.07. The molecule has 0 aliphatic heterocycles. The maximum atomic E-state index is 14.5. The summed E-state index contributed by atoms with van der Waals surface area (Å²) < 4.78 is 59.4. The van der Waals surface area contributed by atoms with E-state index in [0.29, 0.717) is 17.8 Å². The summed E-state index contributed by atoms with van der Waals surface area (Å²) in [5.41, 5.74) is -0.778. The topological polar surface area (TPSA) is 102 Å². The van der Waals surface area contributed by atoms with E-state index < -0.39 is 44.0 Å². The average Bonchev–Trinajstić information content (AvgIpc) is 3.30. The van der Waals surface area contributed by atoms with Crippen molar-refractivity contribution >= 4 is 33.2 Å². The molecule has 3 rings (SSSR count). The molecule has 1 amide bonds. The van der Waals surface area contributed by atoms with Crippen LogP contribution in [0.2, 0.25) is 0 Å². The molecule has 156 valence electrons. The highest BCUT2D eigenvalue weighted by Crippen LogP contribution is 2.37. The van der Waals surface area contributed by atoms with Gasteiger partial charge >= 0.3 is 5.97 Å². The lowest BCUT2D eigenvalue weighted by Crippen LogP contribution is -2.31. The number of benzene rings is 1. The third-order valence-electron chi connectivity index (χ3n) is 4.69. The molecule has 1 aromatic heterocycles. The maximum absolute atomic E-state index is 14.5. The van der Waals surface area contributed by atoms with Gasteiger partial charge in [0.05, 0.1) is 17.8 Å². The second-order valence-electron chi connectivity index (χ2n) is 6.61. The van der Waals surface area contributed by atoms with Gasteiger partial charge in [0.25, 0.3) is 15.9 Å². The van der Waals surface area contributed by atoms with Gasteiger partial charge in [0.15, 0.2) is 5.82 Å². The Hall–Kier alpha value is -2.40. The van der Waals surface area contributed by atoms with E-state index in [4.69, 9.17) is 0 Å². The molecule has 1 heterocycles. The fourth-order valence-electron chi connectivity index (χ4n) is 3.23. The number of esters is 1. The number of nitrogens with zero attached hydrogens (tertiary/aromatic N) is 1. The number of halogens is 2. The Morgan fingerprint density at radius 3 is 2.52 bits per heavy atom. The van der Waals surface area contributed by atoms with Gasteiger partial charge in [-0.3, -0.25) is 4.79 Å². The average molecular weight is 444 g/mol. The van der Waals surface area contributed by atoms with E-state index >= 15 is 0 Å². The third-order valence-corrected chi connectivity index (χ3v) is 7.35. The van der Waals surface area contributed by atoms with Crippen molar-refractivity contribution in [3.05, 3.63) is 44.9 Å². The van der Waals surface area contributed by atoms with Crippen molar-refractivity contribution in [1.29, 1.82) is 0 Å². The fraction of sp³-hybridized carbons (Fsp3) is 0.389. The van der Waals surface area contributed by atoms with Crippen LogP contribution < -0.4 is 4.72 Å². The highest BCUT2D eigenvalue weighted by atomic mass is 32.2. The number of aryl methyl sites for hydroxylation is 1. The molecule has 7 nitrogen and oxygen atoms in total. The molecule has 1 saturated carbocycles. The van der Waals surface area contributed by atoms with Crippen LogP contribution in [0, 0.1) is 18.6 Å². The van der Waals surface area contributed by atoms with E-state index in [1.807, 2.05) is 0 Å². The number of hydrogen-bond acceptors (Lipinski definition) is 7. The second-order valence-corrected chi connectivity index (χ2v) is 9.29. The lowest BCUT2D eigenvalue weighted by molar-refractivity contribution is 0.0589. The summed E-state index contributed by atoms with van der Waals surface area (Å²) in [5, 5.41) is 0.767. The smallest absolute Gasteiger partial charge is 0.343 e. The number of aromatic nitrogens is 1. The van der Waals surface area contributed by atoms with E-state index in [2.05, 4.69) is 9.72 Å². The first-order valence-corrected chi connectivity index (χ1v) is 11.1. The first-order valence-electron chi connectivity index (χ1n) is 8.76. The van der Waals surface area contributed by atoms with Gasteiger partial charge < -0.3 is 4.74 Å². The number of ether oxygens (including phenoxy) is 1. The van der Waals surface area contributed by atoms with Crippen LogP contribution in [0.3, 0.4) is 0 Å². The first-order chi connectivity index (χ1) is 13.7. The number of carbonyl (C=O) groups excluding carboxylic acids is 2. The van der Waals surface area contributed by atoms with Crippen molar-refractivity contribution < 1.29 is 31.5 Å². The molecular formula is C18H18F2N2O5S2. The van der Waals surface area contributed by atoms with Gasteiger partial charge in [-0.15, -0.1) is 11.3 Å². The molecule has 0 bridgehead atoms. The van der Waals surface area contributed by atoms with Gasteiger partial charge in [0.2, 0.25) is 0 Å². The van der Waals surface area contributed by atoms with Gasteiger partial charge in [-0.2, -0.15) is 0 Å². The van der Waals surface area contributed by atoms with Crippen LogP contribution >= 0.6 is 11.3 Å². The number of thiazole rings is 1. The molecule has 1 aliphatic rings. The maximum Gasteiger partial charge on any atom is 0.343 e. The highest BCUT2D eigenvalue weighted by molar-refractivity contribution is 7.90. The molecular weight excluding hydrogens is 426 g/mol. The van der Waals surface area contributed by atoms with Gasteiger partial charge in [0, 0.05) is 5.92 Å². The normalized spacial score (nSPS) is 14.8. The van der Waals surface area contributed by atoms with Crippen LogP contribution in [-0.2, 0) is 14.8 Å². The van der Waals surface area contributed by atoms with Crippen LogP contribution in [0.1, 0.15) is 62.3 Å². The molecule has 0 unspecified atom stereocenters. The number of methoxy groups -OCH3 is 1. The van der Waals surface area contributed by atoms with Crippen LogP contribution in [0.15, 0.2) is 17.0 Å². The van der Waals surface area contributed by atoms with Gasteiger partial charge in [-0.05, 0) is 31.9 Å². The fourth-order valence-corrected chi connectivity index (χ4v) is 5.47. The van der Waals surface area contributed by atoms with Crippen molar-refractivity contribution in [2.45, 2.75) is 43.4 Å². The van der Waals surface area contributed by atoms with Crippen LogP contribution in [-0.4, -0.2) is 32.4 Å². The second kappa shape index (κ2) is 8.15. The van der Waals surface area contributed by atoms with Crippen molar-refractivity contribution in [3.63, 3.8) is 0 Å². The Morgan fingerprint density at radius 1 is 1.24 bits per heavy atom. The number of hydrogen-bond donors (Lipinski definition) is 1. The summed E-state index contributed by atoms with van der Waals surface area (Å²) in [6, 6.07) is 1.25. The van der Waals surface area contributed by atoms with E-state index in [1.165, 1.54) is 0 Å². The van der Waals surface area contributed by atoms with Gasteiger partial charge in [-0.1, -0.05) is 12.8 Å². The lowest BCUT2D eigenvalue weighted by atomic mass is 10.1. The zero-order chi connectivity index (χ0) is 21.3. The van der Waals surface area contributed by atoms with Crippen molar-refractivity contribution in [2.75, 3.05) is 7.11 Å². The number of amides is 1. The number of rotatable bonds is 5. The van der Waals surface area contributed by atoms with Gasteiger partial charge in [-0.25, -0.2) is 31.7 Å². The van der Waals surface area contributed by atoms with E-state index in [0.717, 1.165) is 49.1 Å². The molecule has 0 spiro atoms. The van der Waals surface area contributed by atoms with Crippen LogP contribution in [0.4, 0.5) is 8.78 Å². The first kappa shape index (κ1) is 21.3. The van der Waals surface area contributed by atoms with Crippen molar-refractivity contribution in [3.8, 4) is 0 Å². The molecule has 0 atom stereocenters. The summed E-state index contributed by atoms with van der Waals surface area (Å²) >= 11 is 1.10. The minimum atomic E-state index is -4.72. The molecule has 0 radical (unpaired) electrons. The Labute approximate surface area is 170 Å². The Bertz CT molecular complexity index is 1080. The minimum absolute atomic E-state index is 0.103. The summed E-state index contributed by atoms with van der Waals surface area (Å²) in [4.78, 5) is 27.5. The lowest BCUT2D eigenvalue weighted by Gasteiger charge is -2.10. The molecule has 1 N–H and O–H groups in total. The standard InChI is InChI=1S/C18H18F2N2O5S2/c1-9-15(28-17(21-9)10-5-3-4-6-10)16(23)22-29(25,26)12-8-7-11(19)13(14(12)20)18(24)27-2/h7-8,10H,3-6H2,1-2H3,(H,22,23). The van der Waals surface area contributed by atoms with Crippen LogP contribution in [0.5, 0.6) is 0 Å². The molecule has 2 aromatic rings. The summed E-state index contributed by atoms with van der Waals surface area (Å²) in [6.45, 7) is 1.59. The zero-order valence-corrected chi connectivity index (χ0v) is 17.3. The summed E-state index contributed by atoms with van der Waals surface area (Å²) in [7, 11) is -3.81. The van der Waals surface area contributed by atoms with E-state index in [-0.39, 0.29) is 10.8 Å². The molecule has 11 heteroatoms. The largest absolute Gasteiger partial charge is 0.465 e. The number of nitrogens with one attached hydrogen (secondary N) is 1. The Morgan fingerprint density at radius 2 is 1.90 bits per heavy atom. The number of carbonyl (C=O) groups is 2. The molecule has 1 fully saturated rings. The third kappa shape index (κ3) is 4.15. The zero-order valence-electron chi connectivity index (χ0n) is 15.6. The Kier molecular flexibility index (Phi) is 5.99. The highest BCUT2D eigenvalue weighted by Gasteiger charge is 2.31. The molecule has 1 aromatic carbocycles. The Balaban J connectivity index is 1.90. The predicted molar refractivity (Wildman–Crippen MR) is 100 cm³/mol. The van der Waals surface area contributed by atoms with Crippen molar-refractivity contribution in [2.24, 2.45) is 0 Å². The van der Waals surface area contributed by atoms with E-state index in [1.54, 1.807) is 11.6 Å². The monoisotopic (exact) mass is 444 g/mol. The number of sulfonamides is 1. The van der Waals surface area contributed by atoms with Crippen LogP contribution in [0.25, 0.3) is 0 Å². The SMILES string of the molecule is COC(=O)c1c(F)ccc(S(=O)(=O)NC(=O)c2sc(C3CCCC3)nc2C)c1F. The molecule has 29 heavy (non-hydrogen) atoms. The summed E-state index contributed by atoms with van der Waals surface area (Å²) in [5.74, 6) is -5.01. The molecule has 1 aliphatic carbocycles. The molecule has 0 saturated heterocycles. The van der Waals surface area contributed by atoms with Crippen molar-refractivity contribution in [1.82, 2.24) is 9.71 Å². The minimum Gasteiger partial charge on any atom is -0.465 e. The quantitative estimate of drug-likeness (QED) is 0.710. The van der Waals surface area contributed by atoms with E-state index in [9.17, 15) is 26.8 Å².